The molecule has 0 aromatic heterocycles. The highest BCUT2D eigenvalue weighted by atomic mass is 35.5. The molecule has 0 heterocycles. The van der Waals surface area contributed by atoms with Crippen molar-refractivity contribution in [2.45, 2.75) is 5.66 Å². The molecule has 1 atom stereocenters. The predicted molar refractivity (Wildman–Crippen MR) is 145 cm³/mol. The zero-order valence-electron chi connectivity index (χ0n) is 18.3. The highest BCUT2D eigenvalue weighted by Gasteiger charge is 2.53. The van der Waals surface area contributed by atoms with Gasteiger partial charge >= 0.3 is 0 Å². The summed E-state index contributed by atoms with van der Waals surface area (Å²) in [5.41, 5.74) is 2.73. The Morgan fingerprint density at radius 2 is 0.727 bits per heavy atom. The molecule has 1 unspecified atom stereocenters. The van der Waals surface area contributed by atoms with Crippen LogP contribution in [-0.4, -0.2) is 0 Å². The zero-order valence-corrected chi connectivity index (χ0v) is 19.9. The average Bonchev–Trinajstić information content (AvgIpc) is 2.90. The van der Waals surface area contributed by atoms with E-state index in [2.05, 4.69) is 133 Å². The van der Waals surface area contributed by atoms with Crippen LogP contribution in [-0.2, 0) is 0 Å². The summed E-state index contributed by atoms with van der Waals surface area (Å²) in [6.07, 6.45) is 0. The van der Waals surface area contributed by atoms with Gasteiger partial charge in [-0.1, -0.05) is 109 Å². The summed E-state index contributed by atoms with van der Waals surface area (Å²) in [6, 6.07) is 52.5. The summed E-state index contributed by atoms with van der Waals surface area (Å²) in [5, 5.41) is 4.86. The van der Waals surface area contributed by atoms with Crippen molar-refractivity contribution < 1.29 is 0 Å². The number of benzene rings is 5. The minimum atomic E-state index is -2.17. The van der Waals surface area contributed by atoms with Crippen molar-refractivity contribution in [3.05, 3.63) is 162 Å². The standard InChI is InChI=1S/C31H25ClP/c32-27-23-21-26(22-24-27)31(25-13-5-1-6-14-25)33(28-15-7-2-8-16-28,29-17-9-3-10-18-29)30-19-11-4-12-20-30/h1-24,31H/q+1. The van der Waals surface area contributed by atoms with E-state index in [1.807, 2.05) is 12.1 Å². The zero-order chi connectivity index (χ0) is 22.5. The molecule has 5 rings (SSSR count). The topological polar surface area (TPSA) is 0 Å². The molecular weight excluding hydrogens is 439 g/mol. The second-order valence-corrected chi connectivity index (χ2v) is 12.0. The Morgan fingerprint density at radius 3 is 1.12 bits per heavy atom. The van der Waals surface area contributed by atoms with Crippen molar-refractivity contribution >= 4 is 34.8 Å². The third kappa shape index (κ3) is 4.13. The molecule has 0 spiro atoms. The van der Waals surface area contributed by atoms with Gasteiger partial charge < -0.3 is 0 Å². The fourth-order valence-electron chi connectivity index (χ4n) is 4.80. The van der Waals surface area contributed by atoms with Crippen LogP contribution in [0.2, 0.25) is 5.02 Å². The Kier molecular flexibility index (Phi) is 6.40. The van der Waals surface area contributed by atoms with Gasteiger partial charge in [-0.2, -0.15) is 0 Å². The third-order valence-electron chi connectivity index (χ3n) is 6.18. The number of hydrogen-bond donors (Lipinski definition) is 0. The molecule has 0 nitrogen and oxygen atoms in total. The van der Waals surface area contributed by atoms with Crippen LogP contribution in [0.5, 0.6) is 0 Å². The van der Waals surface area contributed by atoms with Gasteiger partial charge in [0.2, 0.25) is 0 Å². The Hall–Kier alpha value is -3.18. The van der Waals surface area contributed by atoms with Crippen molar-refractivity contribution in [2.24, 2.45) is 0 Å². The van der Waals surface area contributed by atoms with Crippen LogP contribution in [0.3, 0.4) is 0 Å². The van der Waals surface area contributed by atoms with Gasteiger partial charge in [-0.3, -0.25) is 0 Å². The molecule has 5 aromatic carbocycles. The maximum atomic E-state index is 6.34. The molecule has 0 aliphatic heterocycles. The first-order valence-corrected chi connectivity index (χ1v) is 13.4. The van der Waals surface area contributed by atoms with Crippen molar-refractivity contribution in [2.75, 3.05) is 0 Å². The van der Waals surface area contributed by atoms with E-state index in [-0.39, 0.29) is 5.66 Å². The number of rotatable bonds is 6. The minimum Gasteiger partial charge on any atom is -0.0843 e. The lowest BCUT2D eigenvalue weighted by atomic mass is 10.0. The van der Waals surface area contributed by atoms with E-state index in [1.165, 1.54) is 27.0 Å². The summed E-state index contributed by atoms with van der Waals surface area (Å²) in [6.45, 7) is 0. The fourth-order valence-corrected chi connectivity index (χ4v) is 9.88. The lowest BCUT2D eigenvalue weighted by Crippen LogP contribution is -2.35. The lowest BCUT2D eigenvalue weighted by Gasteiger charge is -2.35. The molecule has 0 fully saturated rings. The first-order chi connectivity index (χ1) is 16.3. The maximum Gasteiger partial charge on any atom is 0.134 e. The average molecular weight is 464 g/mol. The molecule has 0 bridgehead atoms. The van der Waals surface area contributed by atoms with Gasteiger partial charge in [0.05, 0.1) is 0 Å². The van der Waals surface area contributed by atoms with Crippen LogP contribution in [0.25, 0.3) is 0 Å². The lowest BCUT2D eigenvalue weighted by molar-refractivity contribution is 1.13. The van der Waals surface area contributed by atoms with Crippen LogP contribution in [0.1, 0.15) is 16.8 Å². The Bertz CT molecular complexity index is 1190. The van der Waals surface area contributed by atoms with Crippen LogP contribution < -0.4 is 15.9 Å². The van der Waals surface area contributed by atoms with E-state index in [9.17, 15) is 0 Å². The molecule has 0 radical (unpaired) electrons. The van der Waals surface area contributed by atoms with Gasteiger partial charge in [-0.15, -0.1) is 0 Å². The summed E-state index contributed by atoms with van der Waals surface area (Å²) in [4.78, 5) is 0. The van der Waals surface area contributed by atoms with E-state index < -0.39 is 7.26 Å². The van der Waals surface area contributed by atoms with Crippen LogP contribution >= 0.6 is 18.9 Å². The van der Waals surface area contributed by atoms with E-state index in [1.54, 1.807) is 0 Å². The normalized spacial score (nSPS) is 12.3. The molecule has 33 heavy (non-hydrogen) atoms. The summed E-state index contributed by atoms with van der Waals surface area (Å²) < 4.78 is 0. The molecule has 160 valence electrons. The SMILES string of the molecule is Clc1ccc(C(c2ccccc2)[P+](c2ccccc2)(c2ccccc2)c2ccccc2)cc1. The molecule has 0 saturated heterocycles. The van der Waals surface area contributed by atoms with Crippen LogP contribution in [0, 0.1) is 0 Å². The highest BCUT2D eigenvalue weighted by Crippen LogP contribution is 2.68. The van der Waals surface area contributed by atoms with E-state index in [0.29, 0.717) is 0 Å². The number of halogens is 1. The summed E-state index contributed by atoms with van der Waals surface area (Å²) in [5.74, 6) is 0. The smallest absolute Gasteiger partial charge is 0.0843 e. The van der Waals surface area contributed by atoms with E-state index in [4.69, 9.17) is 11.6 Å². The van der Waals surface area contributed by atoms with Gasteiger partial charge in [-0.25, -0.2) is 0 Å². The maximum absolute atomic E-state index is 6.34. The van der Waals surface area contributed by atoms with Crippen molar-refractivity contribution in [1.82, 2.24) is 0 Å². The molecule has 0 aliphatic rings. The second kappa shape index (κ2) is 9.75. The minimum absolute atomic E-state index is 0.142. The fraction of sp³-hybridized carbons (Fsp3) is 0.0323. The van der Waals surface area contributed by atoms with Crippen molar-refractivity contribution in [1.29, 1.82) is 0 Å². The molecular formula is C31H25ClP+. The van der Waals surface area contributed by atoms with Gasteiger partial charge in [-0.05, 0) is 59.7 Å². The van der Waals surface area contributed by atoms with Crippen LogP contribution in [0.4, 0.5) is 0 Å². The quantitative estimate of drug-likeness (QED) is 0.230. The summed E-state index contributed by atoms with van der Waals surface area (Å²) in [7, 11) is -2.17. The molecule has 0 amide bonds. The van der Waals surface area contributed by atoms with Gasteiger partial charge in [0.25, 0.3) is 0 Å². The van der Waals surface area contributed by atoms with Crippen molar-refractivity contribution in [3.8, 4) is 0 Å². The molecule has 5 aromatic rings. The molecule has 0 saturated carbocycles. The van der Waals surface area contributed by atoms with Crippen molar-refractivity contribution in [3.63, 3.8) is 0 Å². The molecule has 0 aliphatic carbocycles. The Balaban J connectivity index is 1.94. The molecule has 0 N–H and O–H groups in total. The van der Waals surface area contributed by atoms with Gasteiger partial charge in [0, 0.05) is 5.02 Å². The largest absolute Gasteiger partial charge is 0.134 e. The third-order valence-corrected chi connectivity index (χ3v) is 11.1. The second-order valence-electron chi connectivity index (χ2n) is 8.09. The van der Waals surface area contributed by atoms with Gasteiger partial charge in [0.1, 0.15) is 28.8 Å². The molecule has 2 heteroatoms. The number of hydrogen-bond acceptors (Lipinski definition) is 0. The first-order valence-electron chi connectivity index (χ1n) is 11.2. The Morgan fingerprint density at radius 1 is 0.394 bits per heavy atom. The highest BCUT2D eigenvalue weighted by molar-refractivity contribution is 7.96. The first kappa shape index (κ1) is 21.7. The predicted octanol–water partition coefficient (Wildman–Crippen LogP) is 7.42. The monoisotopic (exact) mass is 463 g/mol. The van der Waals surface area contributed by atoms with E-state index >= 15 is 0 Å². The Labute approximate surface area is 201 Å². The van der Waals surface area contributed by atoms with E-state index in [0.717, 1.165) is 5.02 Å². The van der Waals surface area contributed by atoms with Gasteiger partial charge in [0.15, 0.2) is 0 Å². The summed E-state index contributed by atoms with van der Waals surface area (Å²) >= 11 is 6.34. The van der Waals surface area contributed by atoms with Crippen LogP contribution in [0.15, 0.2) is 146 Å².